The molecule has 132 valence electrons. The Labute approximate surface area is 142 Å². The molecule has 2 N–H and O–H groups in total. The van der Waals surface area contributed by atoms with Gasteiger partial charge in [0, 0.05) is 0 Å². The molecule has 1 aromatic carbocycles. The lowest BCUT2D eigenvalue weighted by Crippen LogP contribution is -2.23. The van der Waals surface area contributed by atoms with Gasteiger partial charge < -0.3 is 15.2 Å². The minimum Gasteiger partial charge on any atom is -0.462 e. The lowest BCUT2D eigenvalue weighted by atomic mass is 9.97. The fourth-order valence-electron chi connectivity index (χ4n) is 2.17. The number of ether oxygens (including phenoxy) is 2. The Balaban J connectivity index is 3.14. The van der Waals surface area contributed by atoms with Gasteiger partial charge in [-0.15, -0.1) is 0 Å². The summed E-state index contributed by atoms with van der Waals surface area (Å²) in [6, 6.07) is 4.96. The van der Waals surface area contributed by atoms with Gasteiger partial charge in [-0.2, -0.15) is 0 Å². The zero-order valence-corrected chi connectivity index (χ0v) is 14.3. The first-order chi connectivity index (χ1) is 11.5. The van der Waals surface area contributed by atoms with Gasteiger partial charge in [0.05, 0.1) is 24.3 Å². The Morgan fingerprint density at radius 2 is 1.75 bits per heavy atom. The van der Waals surface area contributed by atoms with Crippen molar-refractivity contribution in [3.63, 3.8) is 0 Å². The maximum absolute atomic E-state index is 12.3. The molecule has 0 spiro atoms. The SMILES string of the molecule is CCCCOC(=O)c1cccc(CCCC)c1C(=O)OC(=O)CN. The normalized spacial score (nSPS) is 10.3. The van der Waals surface area contributed by atoms with E-state index in [2.05, 4.69) is 0 Å². The van der Waals surface area contributed by atoms with Gasteiger partial charge in [0.15, 0.2) is 0 Å². The first-order valence-electron chi connectivity index (χ1n) is 8.29. The van der Waals surface area contributed by atoms with Crippen molar-refractivity contribution in [1.82, 2.24) is 0 Å². The number of esters is 3. The Hall–Kier alpha value is -2.21. The maximum atomic E-state index is 12.3. The zero-order valence-electron chi connectivity index (χ0n) is 14.3. The molecule has 0 aliphatic rings. The highest BCUT2D eigenvalue weighted by molar-refractivity contribution is 6.07. The van der Waals surface area contributed by atoms with Crippen LogP contribution in [0.4, 0.5) is 0 Å². The van der Waals surface area contributed by atoms with E-state index in [0.717, 1.165) is 25.7 Å². The Bertz CT molecular complexity index is 583. The molecule has 0 amide bonds. The molecule has 0 radical (unpaired) electrons. The second-order valence-corrected chi connectivity index (χ2v) is 5.40. The van der Waals surface area contributed by atoms with Crippen molar-refractivity contribution in [3.05, 3.63) is 34.9 Å². The van der Waals surface area contributed by atoms with Gasteiger partial charge in [-0.05, 0) is 30.9 Å². The van der Waals surface area contributed by atoms with Crippen LogP contribution in [0, 0.1) is 0 Å². The third-order valence-electron chi connectivity index (χ3n) is 3.48. The van der Waals surface area contributed by atoms with Crippen LogP contribution < -0.4 is 5.73 Å². The third kappa shape index (κ3) is 5.77. The lowest BCUT2D eigenvalue weighted by molar-refractivity contribution is -0.136. The molecule has 0 heterocycles. The van der Waals surface area contributed by atoms with Gasteiger partial charge in [0.2, 0.25) is 0 Å². The standard InChI is InChI=1S/C18H25NO5/c1-3-5-8-13-9-7-10-14(17(21)23-11-6-4-2)16(13)18(22)24-15(20)12-19/h7,9-10H,3-6,8,11-12,19H2,1-2H3. The second-order valence-electron chi connectivity index (χ2n) is 5.40. The van der Waals surface area contributed by atoms with Crippen LogP contribution in [0.25, 0.3) is 0 Å². The van der Waals surface area contributed by atoms with E-state index in [4.69, 9.17) is 15.2 Å². The lowest BCUT2D eigenvalue weighted by Gasteiger charge is -2.13. The molecule has 0 unspecified atom stereocenters. The molecule has 1 aromatic rings. The third-order valence-corrected chi connectivity index (χ3v) is 3.48. The number of hydrogen-bond acceptors (Lipinski definition) is 6. The summed E-state index contributed by atoms with van der Waals surface area (Å²) in [6.45, 7) is 3.89. The van der Waals surface area contributed by atoms with Gasteiger partial charge >= 0.3 is 17.9 Å². The van der Waals surface area contributed by atoms with Crippen molar-refractivity contribution in [2.24, 2.45) is 5.73 Å². The van der Waals surface area contributed by atoms with E-state index in [9.17, 15) is 14.4 Å². The van der Waals surface area contributed by atoms with Gasteiger partial charge in [-0.1, -0.05) is 38.8 Å². The van der Waals surface area contributed by atoms with E-state index in [1.54, 1.807) is 12.1 Å². The van der Waals surface area contributed by atoms with Crippen molar-refractivity contribution in [1.29, 1.82) is 0 Å². The number of benzene rings is 1. The molecule has 6 heteroatoms. The van der Waals surface area contributed by atoms with Crippen LogP contribution in [0.5, 0.6) is 0 Å². The Morgan fingerprint density at radius 1 is 1.04 bits per heavy atom. The van der Waals surface area contributed by atoms with E-state index in [0.29, 0.717) is 12.0 Å². The molecule has 0 aromatic heterocycles. The highest BCUT2D eigenvalue weighted by Crippen LogP contribution is 2.20. The number of hydrogen-bond donors (Lipinski definition) is 1. The average Bonchev–Trinajstić information content (AvgIpc) is 2.59. The smallest absolute Gasteiger partial charge is 0.346 e. The molecule has 6 nitrogen and oxygen atoms in total. The van der Waals surface area contributed by atoms with Crippen LogP contribution in [0.1, 0.15) is 65.8 Å². The molecule has 0 saturated heterocycles. The molecule has 0 saturated carbocycles. The summed E-state index contributed by atoms with van der Waals surface area (Å²) in [5, 5.41) is 0. The number of carbonyl (C=O) groups excluding carboxylic acids is 3. The van der Waals surface area contributed by atoms with Crippen LogP contribution in [0.15, 0.2) is 18.2 Å². The van der Waals surface area contributed by atoms with Crippen LogP contribution in [-0.4, -0.2) is 31.1 Å². The van der Waals surface area contributed by atoms with Gasteiger partial charge in [-0.3, -0.25) is 4.79 Å². The highest BCUT2D eigenvalue weighted by Gasteiger charge is 2.24. The van der Waals surface area contributed by atoms with Crippen molar-refractivity contribution in [3.8, 4) is 0 Å². The van der Waals surface area contributed by atoms with Crippen molar-refractivity contribution < 1.29 is 23.9 Å². The average molecular weight is 335 g/mol. The highest BCUT2D eigenvalue weighted by atomic mass is 16.6. The van der Waals surface area contributed by atoms with E-state index < -0.39 is 24.5 Å². The largest absolute Gasteiger partial charge is 0.462 e. The van der Waals surface area contributed by atoms with Crippen LogP contribution in [0.3, 0.4) is 0 Å². The minimum absolute atomic E-state index is 0.0919. The van der Waals surface area contributed by atoms with Gasteiger partial charge in [0.25, 0.3) is 0 Å². The maximum Gasteiger partial charge on any atom is 0.346 e. The van der Waals surface area contributed by atoms with Gasteiger partial charge in [-0.25, -0.2) is 9.59 Å². The van der Waals surface area contributed by atoms with Crippen molar-refractivity contribution >= 4 is 17.9 Å². The van der Waals surface area contributed by atoms with Crippen molar-refractivity contribution in [2.75, 3.05) is 13.2 Å². The van der Waals surface area contributed by atoms with E-state index >= 15 is 0 Å². The molecule has 0 aliphatic heterocycles. The van der Waals surface area contributed by atoms with E-state index in [-0.39, 0.29) is 17.7 Å². The first-order valence-corrected chi connectivity index (χ1v) is 8.29. The number of carbonyl (C=O) groups is 3. The molecule has 0 bridgehead atoms. The molecule has 0 aliphatic carbocycles. The molecule has 24 heavy (non-hydrogen) atoms. The predicted octanol–water partition coefficient (Wildman–Crippen LogP) is 2.63. The van der Waals surface area contributed by atoms with Crippen LogP contribution in [0.2, 0.25) is 0 Å². The molecular weight excluding hydrogens is 310 g/mol. The Kier molecular flexibility index (Phi) is 8.71. The number of nitrogens with two attached hydrogens (primary N) is 1. The zero-order chi connectivity index (χ0) is 17.9. The van der Waals surface area contributed by atoms with Crippen LogP contribution in [-0.2, 0) is 20.7 Å². The quantitative estimate of drug-likeness (QED) is 0.423. The molecule has 0 fully saturated rings. The minimum atomic E-state index is -0.861. The summed E-state index contributed by atoms with van der Waals surface area (Å²) >= 11 is 0. The molecular formula is C18H25NO5. The summed E-state index contributed by atoms with van der Waals surface area (Å²) < 4.78 is 9.91. The predicted molar refractivity (Wildman–Crippen MR) is 89.7 cm³/mol. The first kappa shape index (κ1) is 19.8. The topological polar surface area (TPSA) is 95.7 Å². The molecule has 0 atom stereocenters. The molecule has 1 rings (SSSR count). The summed E-state index contributed by atoms with van der Waals surface area (Å²) in [7, 11) is 0. The number of aryl methyl sites for hydroxylation is 1. The summed E-state index contributed by atoms with van der Waals surface area (Å²) in [4.78, 5) is 36.0. The van der Waals surface area contributed by atoms with E-state index in [1.807, 2.05) is 13.8 Å². The van der Waals surface area contributed by atoms with Gasteiger partial charge in [0.1, 0.15) is 0 Å². The van der Waals surface area contributed by atoms with Crippen molar-refractivity contribution in [2.45, 2.75) is 46.0 Å². The second kappa shape index (κ2) is 10.5. The monoisotopic (exact) mass is 335 g/mol. The number of rotatable bonds is 9. The summed E-state index contributed by atoms with van der Waals surface area (Å²) in [6.07, 6.45) is 4.02. The number of unbranched alkanes of at least 4 members (excludes halogenated alkanes) is 2. The van der Waals surface area contributed by atoms with E-state index in [1.165, 1.54) is 6.07 Å². The Morgan fingerprint density at radius 3 is 2.38 bits per heavy atom. The van der Waals surface area contributed by atoms with Crippen LogP contribution >= 0.6 is 0 Å². The fraction of sp³-hybridized carbons (Fsp3) is 0.500. The fourth-order valence-corrected chi connectivity index (χ4v) is 2.17. The summed E-state index contributed by atoms with van der Waals surface area (Å²) in [5.74, 6) is -2.29. The summed E-state index contributed by atoms with van der Waals surface area (Å²) in [5.41, 5.74) is 6.05.